The van der Waals surface area contributed by atoms with Gasteiger partial charge in [0.05, 0.1) is 23.1 Å². The molecule has 1 aliphatic rings. The molecule has 0 saturated heterocycles. The lowest BCUT2D eigenvalue weighted by molar-refractivity contribution is -0.384. The highest BCUT2D eigenvalue weighted by Gasteiger charge is 2.32. The molecule has 1 aromatic rings. The van der Waals surface area contributed by atoms with Crippen molar-refractivity contribution in [3.05, 3.63) is 51.2 Å². The quantitative estimate of drug-likeness (QED) is 0.360. The van der Waals surface area contributed by atoms with E-state index in [1.165, 1.54) is 24.3 Å². The first kappa shape index (κ1) is 17.5. The summed E-state index contributed by atoms with van der Waals surface area (Å²) in [5, 5.41) is 16.0. The van der Waals surface area contributed by atoms with Crippen molar-refractivity contribution in [3.63, 3.8) is 0 Å². The Kier molecular flexibility index (Phi) is 5.51. The smallest absolute Gasteiger partial charge is 0.338 e. The number of nitro groups is 1. The number of nitrogens with zero attached hydrogens (tertiary/aromatic N) is 1. The number of hydrogen-bond donors (Lipinski definition) is 2. The average Bonchev–Trinajstić information content (AvgIpc) is 2.54. The third-order valence-electron chi connectivity index (χ3n) is 3.66. The normalized spacial score (nSPS) is 17.1. The standard InChI is InChI=1S/C16H19N3O5/c1-3-4-9-24-15(20)13-10(2)17-16(21)18-14(13)11-5-7-12(8-6-11)19(22)23/h5-8,14H,3-4,9H2,1-2H3,(H2,17,18,21). The molecule has 0 aromatic heterocycles. The highest BCUT2D eigenvalue weighted by molar-refractivity contribution is 5.95. The minimum absolute atomic E-state index is 0.0632. The van der Waals surface area contributed by atoms with Gasteiger partial charge in [-0.1, -0.05) is 13.3 Å². The zero-order chi connectivity index (χ0) is 17.7. The zero-order valence-electron chi connectivity index (χ0n) is 13.5. The Labute approximate surface area is 139 Å². The summed E-state index contributed by atoms with van der Waals surface area (Å²) < 4.78 is 5.24. The average molecular weight is 333 g/mol. The van der Waals surface area contributed by atoms with Gasteiger partial charge in [-0.2, -0.15) is 0 Å². The molecule has 2 amide bonds. The van der Waals surface area contributed by atoms with Crippen LogP contribution in [-0.2, 0) is 9.53 Å². The molecule has 8 nitrogen and oxygen atoms in total. The zero-order valence-corrected chi connectivity index (χ0v) is 13.5. The molecule has 0 fully saturated rings. The fraction of sp³-hybridized carbons (Fsp3) is 0.375. The van der Waals surface area contributed by atoms with E-state index in [2.05, 4.69) is 10.6 Å². The number of benzene rings is 1. The predicted octanol–water partition coefficient (Wildman–Crippen LogP) is 2.57. The number of carbonyl (C=O) groups excluding carboxylic acids is 2. The van der Waals surface area contributed by atoms with Crippen LogP contribution in [0.3, 0.4) is 0 Å². The highest BCUT2D eigenvalue weighted by atomic mass is 16.6. The van der Waals surface area contributed by atoms with Crippen LogP contribution < -0.4 is 10.6 Å². The van der Waals surface area contributed by atoms with Gasteiger partial charge >= 0.3 is 12.0 Å². The molecule has 2 N–H and O–H groups in total. The maximum atomic E-state index is 12.4. The van der Waals surface area contributed by atoms with Crippen molar-refractivity contribution in [2.45, 2.75) is 32.7 Å². The topological polar surface area (TPSA) is 111 Å². The fourth-order valence-corrected chi connectivity index (χ4v) is 2.39. The fourth-order valence-electron chi connectivity index (χ4n) is 2.39. The number of allylic oxidation sites excluding steroid dienone is 1. The van der Waals surface area contributed by atoms with Crippen LogP contribution in [0.15, 0.2) is 35.5 Å². The molecule has 0 radical (unpaired) electrons. The largest absolute Gasteiger partial charge is 0.462 e. The number of hydrogen-bond acceptors (Lipinski definition) is 5. The maximum absolute atomic E-state index is 12.4. The van der Waals surface area contributed by atoms with Crippen LogP contribution in [0.4, 0.5) is 10.5 Å². The van der Waals surface area contributed by atoms with E-state index in [1.807, 2.05) is 6.92 Å². The molecule has 1 atom stereocenters. The maximum Gasteiger partial charge on any atom is 0.338 e. The minimum atomic E-state index is -0.714. The van der Waals surface area contributed by atoms with Crippen molar-refractivity contribution < 1.29 is 19.2 Å². The second-order valence-electron chi connectivity index (χ2n) is 5.41. The van der Waals surface area contributed by atoms with E-state index in [9.17, 15) is 19.7 Å². The van der Waals surface area contributed by atoms with E-state index >= 15 is 0 Å². The van der Waals surface area contributed by atoms with Crippen molar-refractivity contribution >= 4 is 17.7 Å². The minimum Gasteiger partial charge on any atom is -0.462 e. The van der Waals surface area contributed by atoms with E-state index < -0.39 is 23.0 Å². The number of nitrogens with one attached hydrogen (secondary N) is 2. The summed E-state index contributed by atoms with van der Waals surface area (Å²) in [4.78, 5) is 34.4. The summed E-state index contributed by atoms with van der Waals surface area (Å²) >= 11 is 0. The molecule has 128 valence electrons. The van der Waals surface area contributed by atoms with E-state index in [-0.39, 0.29) is 5.69 Å². The van der Waals surface area contributed by atoms with Gasteiger partial charge in [0.2, 0.25) is 0 Å². The van der Waals surface area contributed by atoms with Crippen LogP contribution in [0.1, 0.15) is 38.3 Å². The summed E-state index contributed by atoms with van der Waals surface area (Å²) in [6.45, 7) is 3.90. The number of carbonyl (C=O) groups is 2. The molecule has 1 aliphatic heterocycles. The first-order valence-corrected chi connectivity index (χ1v) is 7.63. The summed E-state index contributed by atoms with van der Waals surface area (Å²) in [6.07, 6.45) is 1.64. The number of unbranched alkanes of at least 4 members (excludes halogenated alkanes) is 1. The van der Waals surface area contributed by atoms with Crippen LogP contribution in [0.5, 0.6) is 0 Å². The van der Waals surface area contributed by atoms with Crippen LogP contribution in [0.2, 0.25) is 0 Å². The molecule has 0 bridgehead atoms. The molecule has 0 saturated carbocycles. The monoisotopic (exact) mass is 333 g/mol. The molecular weight excluding hydrogens is 314 g/mol. The lowest BCUT2D eigenvalue weighted by Gasteiger charge is -2.28. The summed E-state index contributed by atoms with van der Waals surface area (Å²) in [5.41, 5.74) is 1.20. The predicted molar refractivity (Wildman–Crippen MR) is 86.1 cm³/mol. The van der Waals surface area contributed by atoms with Gasteiger partial charge in [0.25, 0.3) is 5.69 Å². The molecule has 0 aliphatic carbocycles. The number of urea groups is 1. The van der Waals surface area contributed by atoms with Gasteiger partial charge in [-0.15, -0.1) is 0 Å². The number of non-ortho nitro benzene ring substituents is 1. The van der Waals surface area contributed by atoms with Gasteiger partial charge < -0.3 is 15.4 Å². The van der Waals surface area contributed by atoms with Gasteiger partial charge in [-0.05, 0) is 31.0 Å². The van der Waals surface area contributed by atoms with Crippen molar-refractivity contribution in [1.82, 2.24) is 10.6 Å². The van der Waals surface area contributed by atoms with Crippen LogP contribution in [0, 0.1) is 10.1 Å². The second-order valence-corrected chi connectivity index (χ2v) is 5.41. The summed E-state index contributed by atoms with van der Waals surface area (Å²) in [6, 6.07) is 4.54. The van der Waals surface area contributed by atoms with Crippen molar-refractivity contribution in [2.24, 2.45) is 0 Å². The van der Waals surface area contributed by atoms with Crippen LogP contribution in [-0.4, -0.2) is 23.5 Å². The lowest BCUT2D eigenvalue weighted by atomic mass is 9.95. The Morgan fingerprint density at radius 1 is 1.33 bits per heavy atom. The Hall–Kier alpha value is -2.90. The lowest BCUT2D eigenvalue weighted by Crippen LogP contribution is -2.45. The van der Waals surface area contributed by atoms with E-state index in [4.69, 9.17) is 4.74 Å². The molecule has 8 heteroatoms. The molecule has 24 heavy (non-hydrogen) atoms. The molecule has 1 aromatic carbocycles. The van der Waals surface area contributed by atoms with Gasteiger partial charge in [-0.25, -0.2) is 9.59 Å². The summed E-state index contributed by atoms with van der Waals surface area (Å²) in [7, 11) is 0. The third kappa shape index (κ3) is 3.89. The van der Waals surface area contributed by atoms with Gasteiger partial charge in [-0.3, -0.25) is 10.1 Å². The SMILES string of the molecule is CCCCOC(=O)C1=C(C)NC(=O)NC1c1ccc([N+](=O)[O-])cc1. The van der Waals surface area contributed by atoms with Gasteiger partial charge in [0.1, 0.15) is 0 Å². The second kappa shape index (κ2) is 7.58. The molecule has 0 spiro atoms. The van der Waals surface area contributed by atoms with Crippen molar-refractivity contribution in [3.8, 4) is 0 Å². The first-order chi connectivity index (χ1) is 11.4. The first-order valence-electron chi connectivity index (χ1n) is 7.63. The number of ether oxygens (including phenoxy) is 1. The van der Waals surface area contributed by atoms with E-state index in [1.54, 1.807) is 6.92 Å². The van der Waals surface area contributed by atoms with Crippen LogP contribution >= 0.6 is 0 Å². The molecule has 1 unspecified atom stereocenters. The van der Waals surface area contributed by atoms with Gasteiger partial charge in [0, 0.05) is 17.8 Å². The number of esters is 1. The summed E-state index contributed by atoms with van der Waals surface area (Å²) in [5.74, 6) is -0.517. The Balaban J connectivity index is 2.30. The van der Waals surface area contributed by atoms with Crippen molar-refractivity contribution in [2.75, 3.05) is 6.61 Å². The number of rotatable bonds is 6. The number of nitro benzene ring substituents is 1. The third-order valence-corrected chi connectivity index (χ3v) is 3.66. The van der Waals surface area contributed by atoms with E-state index in [0.717, 1.165) is 12.8 Å². The van der Waals surface area contributed by atoms with Crippen LogP contribution in [0.25, 0.3) is 0 Å². The van der Waals surface area contributed by atoms with E-state index in [0.29, 0.717) is 23.4 Å². The molecular formula is C16H19N3O5. The molecule has 2 rings (SSSR count). The van der Waals surface area contributed by atoms with Crippen molar-refractivity contribution in [1.29, 1.82) is 0 Å². The Morgan fingerprint density at radius 2 is 2.00 bits per heavy atom. The Bertz CT molecular complexity index is 681. The number of amides is 2. The highest BCUT2D eigenvalue weighted by Crippen LogP contribution is 2.28. The Morgan fingerprint density at radius 3 is 2.58 bits per heavy atom. The molecule has 1 heterocycles. The van der Waals surface area contributed by atoms with Gasteiger partial charge in [0.15, 0.2) is 0 Å².